The Bertz CT molecular complexity index is 941. The zero-order chi connectivity index (χ0) is 19.7. The summed E-state index contributed by atoms with van der Waals surface area (Å²) in [6, 6.07) is 4.99. The van der Waals surface area contributed by atoms with E-state index in [1.54, 1.807) is 18.2 Å². The zero-order valence-electron chi connectivity index (χ0n) is 14.9. The summed E-state index contributed by atoms with van der Waals surface area (Å²) < 4.78 is 0.698. The molecule has 142 valence electrons. The van der Waals surface area contributed by atoms with Crippen molar-refractivity contribution in [2.45, 2.75) is 19.9 Å². The van der Waals surface area contributed by atoms with E-state index >= 15 is 0 Å². The third-order valence-corrected chi connectivity index (χ3v) is 5.88. The van der Waals surface area contributed by atoms with E-state index in [1.165, 1.54) is 18.3 Å². The van der Waals surface area contributed by atoms with Crippen molar-refractivity contribution in [2.75, 3.05) is 24.2 Å². The maximum atomic E-state index is 12.9. The van der Waals surface area contributed by atoms with Crippen LogP contribution in [0, 0.1) is 0 Å². The van der Waals surface area contributed by atoms with E-state index in [-0.39, 0.29) is 5.91 Å². The Morgan fingerprint density at radius 3 is 2.67 bits per heavy atom. The molecule has 0 atom stereocenters. The topological polar surface area (TPSA) is 105 Å². The lowest BCUT2D eigenvalue weighted by atomic mass is 10.0. The molecule has 4 N–H and O–H groups in total. The molecule has 0 radical (unpaired) electrons. The number of halogens is 1. The van der Waals surface area contributed by atoms with Gasteiger partial charge >= 0.3 is 0 Å². The van der Waals surface area contributed by atoms with Gasteiger partial charge < -0.3 is 21.3 Å². The van der Waals surface area contributed by atoms with Crippen molar-refractivity contribution in [3.8, 4) is 0 Å². The molecule has 2 heterocycles. The summed E-state index contributed by atoms with van der Waals surface area (Å²) in [7, 11) is 2.01. The van der Waals surface area contributed by atoms with E-state index in [4.69, 9.17) is 5.73 Å². The highest BCUT2D eigenvalue weighted by Gasteiger charge is 2.27. The molecule has 0 aliphatic carbocycles. The molecule has 2 aromatic rings. The van der Waals surface area contributed by atoms with Crippen LogP contribution in [0.5, 0.6) is 0 Å². The minimum atomic E-state index is -0.552. The number of carbonyl (C=O) groups excluding carboxylic acids is 3. The molecule has 3 amide bonds. The van der Waals surface area contributed by atoms with Crippen molar-refractivity contribution < 1.29 is 14.4 Å². The van der Waals surface area contributed by atoms with Gasteiger partial charge in [0.2, 0.25) is 5.91 Å². The Labute approximate surface area is 169 Å². The van der Waals surface area contributed by atoms with Gasteiger partial charge in [0.1, 0.15) is 5.00 Å². The predicted molar refractivity (Wildman–Crippen MR) is 109 cm³/mol. The quantitative estimate of drug-likeness (QED) is 0.665. The monoisotopic (exact) mass is 450 g/mol. The fraction of sp³-hybridized carbons (Fsp3) is 0.278. The third kappa shape index (κ3) is 4.20. The van der Waals surface area contributed by atoms with Gasteiger partial charge in [-0.3, -0.25) is 14.4 Å². The van der Waals surface area contributed by atoms with E-state index in [0.29, 0.717) is 39.3 Å². The van der Waals surface area contributed by atoms with Crippen LogP contribution in [-0.2, 0) is 17.8 Å². The van der Waals surface area contributed by atoms with Crippen molar-refractivity contribution in [1.29, 1.82) is 0 Å². The van der Waals surface area contributed by atoms with Crippen LogP contribution in [-0.4, -0.2) is 36.2 Å². The van der Waals surface area contributed by atoms with Crippen molar-refractivity contribution in [2.24, 2.45) is 5.73 Å². The first-order chi connectivity index (χ1) is 12.8. The standard InChI is InChI=1S/C18H19BrN4O3S/c1-9(24)21-13-4-3-10(19)7-12(13)17(26)22-18-15(16(20)25)11-5-6-23(2)8-14(11)27-18/h3-4,7H,5-6,8H2,1-2H3,(H2,20,25)(H,21,24)(H,22,26). The number of nitrogens with one attached hydrogen (secondary N) is 2. The van der Waals surface area contributed by atoms with Crippen LogP contribution in [0.15, 0.2) is 22.7 Å². The first kappa shape index (κ1) is 19.5. The molecule has 0 spiro atoms. The number of benzene rings is 1. The molecule has 7 nitrogen and oxygen atoms in total. The van der Waals surface area contributed by atoms with Gasteiger partial charge in [-0.1, -0.05) is 15.9 Å². The summed E-state index contributed by atoms with van der Waals surface area (Å²) in [5.74, 6) is -1.25. The number of likely N-dealkylation sites (N-methyl/N-ethyl adjacent to an activating group) is 1. The Balaban J connectivity index is 1.96. The average molecular weight is 451 g/mol. The molecule has 0 unspecified atom stereocenters. The molecular formula is C18H19BrN4O3S. The summed E-state index contributed by atoms with van der Waals surface area (Å²) in [4.78, 5) is 39.5. The van der Waals surface area contributed by atoms with Crippen LogP contribution in [0.25, 0.3) is 0 Å². The highest BCUT2D eigenvalue weighted by molar-refractivity contribution is 9.10. The molecule has 1 aliphatic heterocycles. The Kier molecular flexibility index (Phi) is 5.64. The number of primary amides is 1. The number of nitrogens with two attached hydrogens (primary N) is 1. The van der Waals surface area contributed by atoms with Crippen LogP contribution < -0.4 is 16.4 Å². The second kappa shape index (κ2) is 7.79. The molecule has 1 aliphatic rings. The van der Waals surface area contributed by atoms with Gasteiger partial charge in [0.15, 0.2) is 0 Å². The van der Waals surface area contributed by atoms with E-state index in [9.17, 15) is 14.4 Å². The third-order valence-electron chi connectivity index (χ3n) is 4.26. The Morgan fingerprint density at radius 1 is 1.26 bits per heavy atom. The SMILES string of the molecule is CC(=O)Nc1ccc(Br)cc1C(=O)Nc1sc2c(c1C(N)=O)CCN(C)C2. The number of rotatable bonds is 4. The number of carbonyl (C=O) groups is 3. The molecule has 0 bridgehead atoms. The van der Waals surface area contributed by atoms with Gasteiger partial charge in [-0.2, -0.15) is 0 Å². The summed E-state index contributed by atoms with van der Waals surface area (Å²) >= 11 is 4.70. The molecule has 3 rings (SSSR count). The maximum Gasteiger partial charge on any atom is 0.258 e. The molecule has 1 aromatic carbocycles. The van der Waals surface area contributed by atoms with Crippen LogP contribution in [0.3, 0.4) is 0 Å². The summed E-state index contributed by atoms with van der Waals surface area (Å²) in [5.41, 5.74) is 7.57. The smallest absolute Gasteiger partial charge is 0.258 e. The molecule has 9 heteroatoms. The van der Waals surface area contributed by atoms with Gasteiger partial charge in [-0.15, -0.1) is 11.3 Å². The number of hydrogen-bond acceptors (Lipinski definition) is 5. The Hall–Kier alpha value is -2.23. The van der Waals surface area contributed by atoms with Crippen molar-refractivity contribution in [3.63, 3.8) is 0 Å². The second-order valence-corrected chi connectivity index (χ2v) is 8.41. The predicted octanol–water partition coefficient (Wildman–Crippen LogP) is 2.81. The first-order valence-corrected chi connectivity index (χ1v) is 9.88. The van der Waals surface area contributed by atoms with Gasteiger partial charge in [0.05, 0.1) is 16.8 Å². The summed E-state index contributed by atoms with van der Waals surface area (Å²) in [6.07, 6.45) is 0.713. The van der Waals surface area contributed by atoms with E-state index in [0.717, 1.165) is 17.0 Å². The number of amides is 3. The summed E-state index contributed by atoms with van der Waals surface area (Å²) in [5, 5.41) is 5.90. The first-order valence-electron chi connectivity index (χ1n) is 8.27. The van der Waals surface area contributed by atoms with E-state index in [1.807, 2.05) is 7.05 Å². The lowest BCUT2D eigenvalue weighted by molar-refractivity contribution is -0.114. The van der Waals surface area contributed by atoms with Crippen LogP contribution in [0.1, 0.15) is 38.1 Å². The number of thiophene rings is 1. The highest BCUT2D eigenvalue weighted by Crippen LogP contribution is 2.37. The van der Waals surface area contributed by atoms with Gasteiger partial charge in [0, 0.05) is 29.4 Å². The van der Waals surface area contributed by atoms with Crippen LogP contribution in [0.4, 0.5) is 10.7 Å². The van der Waals surface area contributed by atoms with Crippen molar-refractivity contribution in [1.82, 2.24) is 4.90 Å². The molecule has 0 saturated carbocycles. The average Bonchev–Trinajstić information content (AvgIpc) is 2.92. The lowest BCUT2D eigenvalue weighted by Crippen LogP contribution is -2.27. The normalized spacial score (nSPS) is 13.7. The van der Waals surface area contributed by atoms with Crippen molar-refractivity contribution >= 4 is 55.7 Å². The molecular weight excluding hydrogens is 432 g/mol. The second-order valence-electron chi connectivity index (χ2n) is 6.39. The number of nitrogens with zero attached hydrogens (tertiary/aromatic N) is 1. The number of fused-ring (bicyclic) bond motifs is 1. The van der Waals surface area contributed by atoms with E-state index < -0.39 is 11.8 Å². The van der Waals surface area contributed by atoms with Crippen LogP contribution in [0.2, 0.25) is 0 Å². The molecule has 0 saturated heterocycles. The number of anilines is 2. The molecule has 0 fully saturated rings. The number of hydrogen-bond donors (Lipinski definition) is 3. The summed E-state index contributed by atoms with van der Waals surface area (Å²) in [6.45, 7) is 2.92. The van der Waals surface area contributed by atoms with E-state index in [2.05, 4.69) is 31.5 Å². The highest BCUT2D eigenvalue weighted by atomic mass is 79.9. The largest absolute Gasteiger partial charge is 0.365 e. The van der Waals surface area contributed by atoms with Gasteiger partial charge in [-0.05, 0) is 37.2 Å². The van der Waals surface area contributed by atoms with Crippen molar-refractivity contribution in [3.05, 3.63) is 44.2 Å². The maximum absolute atomic E-state index is 12.9. The Morgan fingerprint density at radius 2 is 2.00 bits per heavy atom. The van der Waals surface area contributed by atoms with Gasteiger partial charge in [-0.25, -0.2) is 0 Å². The van der Waals surface area contributed by atoms with Gasteiger partial charge in [0.25, 0.3) is 11.8 Å². The zero-order valence-corrected chi connectivity index (χ0v) is 17.3. The minimum absolute atomic E-state index is 0.279. The molecule has 1 aromatic heterocycles. The molecule has 27 heavy (non-hydrogen) atoms. The fourth-order valence-corrected chi connectivity index (χ4v) is 4.74. The lowest BCUT2D eigenvalue weighted by Gasteiger charge is -2.22. The minimum Gasteiger partial charge on any atom is -0.365 e. The fourth-order valence-electron chi connectivity index (χ4n) is 3.05. The van der Waals surface area contributed by atoms with Crippen LogP contribution >= 0.6 is 27.3 Å².